The van der Waals surface area contributed by atoms with Crippen LogP contribution in [0.3, 0.4) is 0 Å². The zero-order chi connectivity index (χ0) is 14.6. The minimum absolute atomic E-state index is 0.331. The standard InChI is InChI=1S/C14H17NO4/c1-9-6-4-5-7-12(9)13(8-15(18)19)14(10(2)16)11(3)17/h4-7,13-14H,8H2,1-3H3/t13-/m1/s1. The van der Waals surface area contributed by atoms with Crippen LogP contribution in [0.25, 0.3) is 0 Å². The van der Waals surface area contributed by atoms with Gasteiger partial charge in [0.15, 0.2) is 0 Å². The zero-order valence-electron chi connectivity index (χ0n) is 11.3. The summed E-state index contributed by atoms with van der Waals surface area (Å²) in [7, 11) is 0. The molecule has 5 nitrogen and oxygen atoms in total. The lowest BCUT2D eigenvalue weighted by Crippen LogP contribution is -2.31. The Morgan fingerprint density at radius 2 is 1.74 bits per heavy atom. The summed E-state index contributed by atoms with van der Waals surface area (Å²) in [6.07, 6.45) is 0. The van der Waals surface area contributed by atoms with E-state index in [-0.39, 0.29) is 11.6 Å². The average molecular weight is 263 g/mol. The molecule has 0 aliphatic heterocycles. The Balaban J connectivity index is 3.28. The quantitative estimate of drug-likeness (QED) is 0.447. The molecule has 0 unspecified atom stereocenters. The Bertz CT molecular complexity index is 496. The summed E-state index contributed by atoms with van der Waals surface area (Å²) >= 11 is 0. The fourth-order valence-electron chi connectivity index (χ4n) is 2.40. The Labute approximate surface area is 111 Å². The predicted octanol–water partition coefficient (Wildman–Crippen LogP) is 2.15. The van der Waals surface area contributed by atoms with Gasteiger partial charge in [-0.3, -0.25) is 19.7 Å². The normalized spacial score (nSPS) is 12.2. The number of hydrogen-bond acceptors (Lipinski definition) is 4. The molecular formula is C14H17NO4. The van der Waals surface area contributed by atoms with E-state index in [0.717, 1.165) is 5.56 Å². The van der Waals surface area contributed by atoms with Crippen LogP contribution in [0.15, 0.2) is 24.3 Å². The Morgan fingerprint density at radius 3 is 2.16 bits per heavy atom. The molecule has 1 aromatic carbocycles. The Kier molecular flexibility index (Phi) is 4.92. The second-order valence-corrected chi connectivity index (χ2v) is 4.68. The summed E-state index contributed by atoms with van der Waals surface area (Å²) in [4.78, 5) is 33.6. The fraction of sp³-hybridized carbons (Fsp3) is 0.429. The molecule has 0 aliphatic rings. The van der Waals surface area contributed by atoms with Crippen molar-refractivity contribution in [2.45, 2.75) is 26.7 Å². The first kappa shape index (κ1) is 15.0. The molecule has 1 atom stereocenters. The second kappa shape index (κ2) is 6.22. The molecule has 0 aliphatic carbocycles. The first-order chi connectivity index (χ1) is 8.84. The van der Waals surface area contributed by atoms with E-state index in [1.807, 2.05) is 19.1 Å². The van der Waals surface area contributed by atoms with E-state index < -0.39 is 23.3 Å². The largest absolute Gasteiger partial charge is 0.299 e. The van der Waals surface area contributed by atoms with E-state index in [1.165, 1.54) is 13.8 Å². The highest BCUT2D eigenvalue weighted by Crippen LogP contribution is 2.29. The highest BCUT2D eigenvalue weighted by atomic mass is 16.6. The van der Waals surface area contributed by atoms with Crippen LogP contribution < -0.4 is 0 Å². The molecule has 0 amide bonds. The second-order valence-electron chi connectivity index (χ2n) is 4.68. The summed E-state index contributed by atoms with van der Waals surface area (Å²) in [5, 5.41) is 10.8. The maximum Gasteiger partial charge on any atom is 0.211 e. The molecule has 1 rings (SSSR count). The van der Waals surface area contributed by atoms with Crippen LogP contribution in [-0.2, 0) is 9.59 Å². The summed E-state index contributed by atoms with van der Waals surface area (Å²) in [5.74, 6) is -2.32. The van der Waals surface area contributed by atoms with Crippen LogP contribution in [0.4, 0.5) is 0 Å². The first-order valence-corrected chi connectivity index (χ1v) is 6.02. The third-order valence-corrected chi connectivity index (χ3v) is 3.21. The lowest BCUT2D eigenvalue weighted by atomic mass is 9.80. The smallest absolute Gasteiger partial charge is 0.211 e. The SMILES string of the molecule is CC(=O)C(C(C)=O)[C@H](C[N+](=O)[O-])c1ccccc1C. The van der Waals surface area contributed by atoms with Gasteiger partial charge in [0.1, 0.15) is 11.6 Å². The van der Waals surface area contributed by atoms with E-state index in [9.17, 15) is 19.7 Å². The predicted molar refractivity (Wildman–Crippen MR) is 70.6 cm³/mol. The molecule has 0 saturated heterocycles. The molecule has 0 aromatic heterocycles. The van der Waals surface area contributed by atoms with Crippen molar-refractivity contribution in [2.75, 3.05) is 6.54 Å². The van der Waals surface area contributed by atoms with Crippen LogP contribution in [0, 0.1) is 23.0 Å². The van der Waals surface area contributed by atoms with Gasteiger partial charge in [0, 0.05) is 4.92 Å². The number of rotatable bonds is 6. The molecular weight excluding hydrogens is 246 g/mol. The van der Waals surface area contributed by atoms with Gasteiger partial charge in [0.2, 0.25) is 6.54 Å². The number of carbonyl (C=O) groups is 2. The minimum atomic E-state index is -0.952. The van der Waals surface area contributed by atoms with Gasteiger partial charge in [-0.1, -0.05) is 24.3 Å². The number of hydrogen-bond donors (Lipinski definition) is 0. The summed E-state index contributed by atoms with van der Waals surface area (Å²) in [5.41, 5.74) is 1.54. The number of ketones is 2. The van der Waals surface area contributed by atoms with Gasteiger partial charge < -0.3 is 0 Å². The van der Waals surface area contributed by atoms with Crippen molar-refractivity contribution in [1.29, 1.82) is 0 Å². The molecule has 0 radical (unpaired) electrons. The Hall–Kier alpha value is -2.04. The molecule has 0 heterocycles. The van der Waals surface area contributed by atoms with Gasteiger partial charge in [0.25, 0.3) is 0 Å². The molecule has 0 spiro atoms. The molecule has 0 saturated carbocycles. The van der Waals surface area contributed by atoms with Crippen molar-refractivity contribution in [1.82, 2.24) is 0 Å². The van der Waals surface area contributed by atoms with E-state index >= 15 is 0 Å². The highest BCUT2D eigenvalue weighted by molar-refractivity contribution is 6.01. The number of nitrogens with zero attached hydrogens (tertiary/aromatic N) is 1. The fourth-order valence-corrected chi connectivity index (χ4v) is 2.40. The maximum atomic E-state index is 11.6. The Morgan fingerprint density at radius 1 is 1.21 bits per heavy atom. The number of aryl methyl sites for hydroxylation is 1. The number of nitro groups is 1. The van der Waals surface area contributed by atoms with Gasteiger partial charge in [-0.15, -0.1) is 0 Å². The molecule has 0 bridgehead atoms. The lowest BCUT2D eigenvalue weighted by Gasteiger charge is -2.21. The molecule has 102 valence electrons. The van der Waals surface area contributed by atoms with Crippen molar-refractivity contribution in [3.05, 3.63) is 45.5 Å². The summed E-state index contributed by atoms with van der Waals surface area (Å²) in [6.45, 7) is 4.00. The minimum Gasteiger partial charge on any atom is -0.299 e. The van der Waals surface area contributed by atoms with E-state index in [0.29, 0.717) is 5.56 Å². The van der Waals surface area contributed by atoms with E-state index in [1.54, 1.807) is 12.1 Å². The van der Waals surface area contributed by atoms with Crippen LogP contribution in [0.1, 0.15) is 30.9 Å². The first-order valence-electron chi connectivity index (χ1n) is 6.02. The van der Waals surface area contributed by atoms with Crippen LogP contribution >= 0.6 is 0 Å². The van der Waals surface area contributed by atoms with Crippen LogP contribution in [0.2, 0.25) is 0 Å². The number of carbonyl (C=O) groups excluding carboxylic acids is 2. The molecule has 19 heavy (non-hydrogen) atoms. The highest BCUT2D eigenvalue weighted by Gasteiger charge is 2.35. The molecule has 0 fully saturated rings. The van der Waals surface area contributed by atoms with Crippen molar-refractivity contribution in [2.24, 2.45) is 5.92 Å². The van der Waals surface area contributed by atoms with Crippen molar-refractivity contribution < 1.29 is 14.5 Å². The van der Waals surface area contributed by atoms with Crippen LogP contribution in [0.5, 0.6) is 0 Å². The third kappa shape index (κ3) is 3.71. The maximum absolute atomic E-state index is 11.6. The number of Topliss-reactive ketones (excluding diaryl/α,β-unsaturated/α-hetero) is 2. The molecule has 1 aromatic rings. The van der Waals surface area contributed by atoms with Gasteiger partial charge in [0.05, 0.1) is 11.8 Å². The van der Waals surface area contributed by atoms with Gasteiger partial charge in [-0.25, -0.2) is 0 Å². The van der Waals surface area contributed by atoms with E-state index in [2.05, 4.69) is 0 Å². The van der Waals surface area contributed by atoms with E-state index in [4.69, 9.17) is 0 Å². The topological polar surface area (TPSA) is 77.3 Å². The van der Waals surface area contributed by atoms with Gasteiger partial charge >= 0.3 is 0 Å². The summed E-state index contributed by atoms with van der Waals surface area (Å²) in [6, 6.07) is 7.13. The monoisotopic (exact) mass is 263 g/mol. The molecule has 0 N–H and O–H groups in total. The third-order valence-electron chi connectivity index (χ3n) is 3.21. The van der Waals surface area contributed by atoms with Crippen molar-refractivity contribution in [3.8, 4) is 0 Å². The zero-order valence-corrected chi connectivity index (χ0v) is 11.3. The number of benzene rings is 1. The van der Waals surface area contributed by atoms with Crippen molar-refractivity contribution >= 4 is 11.6 Å². The summed E-state index contributed by atoms with van der Waals surface area (Å²) < 4.78 is 0. The average Bonchev–Trinajstić information content (AvgIpc) is 2.27. The van der Waals surface area contributed by atoms with Crippen molar-refractivity contribution in [3.63, 3.8) is 0 Å². The lowest BCUT2D eigenvalue weighted by molar-refractivity contribution is -0.484. The molecule has 5 heteroatoms. The van der Waals surface area contributed by atoms with Crippen LogP contribution in [-0.4, -0.2) is 23.0 Å². The van der Waals surface area contributed by atoms with Gasteiger partial charge in [-0.05, 0) is 31.9 Å². The van der Waals surface area contributed by atoms with Gasteiger partial charge in [-0.2, -0.15) is 0 Å².